The van der Waals surface area contributed by atoms with Crippen LogP contribution in [0.3, 0.4) is 0 Å². The van der Waals surface area contributed by atoms with Crippen molar-refractivity contribution in [2.75, 3.05) is 0 Å². The van der Waals surface area contributed by atoms with E-state index in [4.69, 9.17) is 5.11 Å². The van der Waals surface area contributed by atoms with Gasteiger partial charge >= 0.3 is 5.97 Å². The van der Waals surface area contributed by atoms with E-state index >= 15 is 0 Å². The van der Waals surface area contributed by atoms with Gasteiger partial charge in [0, 0.05) is 6.08 Å². The molecule has 1 atom stereocenters. The summed E-state index contributed by atoms with van der Waals surface area (Å²) in [6, 6.07) is 0. The van der Waals surface area contributed by atoms with Crippen molar-refractivity contribution in [1.82, 2.24) is 0 Å². The summed E-state index contributed by atoms with van der Waals surface area (Å²) in [5.41, 5.74) is 2.15. The van der Waals surface area contributed by atoms with E-state index in [0.717, 1.165) is 18.4 Å². The van der Waals surface area contributed by atoms with Crippen molar-refractivity contribution in [2.24, 2.45) is 5.92 Å². The van der Waals surface area contributed by atoms with E-state index in [-0.39, 0.29) is 0 Å². The van der Waals surface area contributed by atoms with Crippen molar-refractivity contribution < 1.29 is 9.90 Å². The molecule has 0 aliphatic carbocycles. The highest BCUT2D eigenvalue weighted by atomic mass is 16.4. The highest BCUT2D eigenvalue weighted by Crippen LogP contribution is 2.13. The Kier molecular flexibility index (Phi) is 8.12. The molecule has 0 aliphatic rings. The number of hydrogen-bond acceptors (Lipinski definition) is 1. The minimum Gasteiger partial charge on any atom is -0.478 e. The lowest BCUT2D eigenvalue weighted by Crippen LogP contribution is -1.92. The fourth-order valence-electron chi connectivity index (χ4n) is 1.50. The topological polar surface area (TPSA) is 37.3 Å². The summed E-state index contributed by atoms with van der Waals surface area (Å²) in [5.74, 6) is -0.247. The van der Waals surface area contributed by atoms with Crippen LogP contribution >= 0.6 is 0 Å². The fourth-order valence-corrected chi connectivity index (χ4v) is 1.50. The first-order valence-electron chi connectivity index (χ1n) is 6.13. The molecule has 0 fully saturated rings. The molecule has 0 aromatic rings. The van der Waals surface area contributed by atoms with Crippen molar-refractivity contribution in [1.29, 1.82) is 0 Å². The van der Waals surface area contributed by atoms with Gasteiger partial charge in [0.1, 0.15) is 0 Å². The molecule has 96 valence electrons. The van der Waals surface area contributed by atoms with Crippen LogP contribution in [0.15, 0.2) is 35.5 Å². The number of carbonyl (C=O) groups is 1. The Bertz CT molecular complexity index is 318. The van der Waals surface area contributed by atoms with Crippen molar-refractivity contribution in [3.05, 3.63) is 35.5 Å². The SMILES string of the molecule is CC(C)=CCCC(C)C/C=C\C(C)=C/C(=O)O. The Labute approximate surface area is 105 Å². The first kappa shape index (κ1) is 15.7. The molecule has 0 amide bonds. The van der Waals surface area contributed by atoms with E-state index < -0.39 is 5.97 Å². The van der Waals surface area contributed by atoms with E-state index in [1.807, 2.05) is 6.08 Å². The lowest BCUT2D eigenvalue weighted by atomic mass is 10.0. The van der Waals surface area contributed by atoms with Crippen molar-refractivity contribution in [2.45, 2.75) is 47.0 Å². The van der Waals surface area contributed by atoms with E-state index in [0.29, 0.717) is 5.92 Å². The summed E-state index contributed by atoms with van der Waals surface area (Å²) in [7, 11) is 0. The maximum absolute atomic E-state index is 10.4. The summed E-state index contributed by atoms with van der Waals surface area (Å²) in [6.45, 7) is 8.26. The normalized spacial score (nSPS) is 13.8. The molecule has 0 bridgehead atoms. The van der Waals surface area contributed by atoms with Crippen LogP contribution in [0.4, 0.5) is 0 Å². The molecule has 0 saturated heterocycles. The first-order chi connectivity index (χ1) is 7.91. The molecular weight excluding hydrogens is 212 g/mol. The van der Waals surface area contributed by atoms with Crippen molar-refractivity contribution >= 4 is 5.97 Å². The van der Waals surface area contributed by atoms with Gasteiger partial charge < -0.3 is 5.11 Å². The predicted molar refractivity (Wildman–Crippen MR) is 73.0 cm³/mol. The summed E-state index contributed by atoms with van der Waals surface area (Å²) in [6.07, 6.45) is 10.7. The zero-order valence-corrected chi connectivity index (χ0v) is 11.4. The summed E-state index contributed by atoms with van der Waals surface area (Å²) >= 11 is 0. The van der Waals surface area contributed by atoms with Gasteiger partial charge in [-0.25, -0.2) is 4.79 Å². The number of carboxylic acid groups (broad SMARTS) is 1. The van der Waals surface area contributed by atoms with Gasteiger partial charge in [0.15, 0.2) is 0 Å². The lowest BCUT2D eigenvalue weighted by molar-refractivity contribution is -0.131. The molecule has 17 heavy (non-hydrogen) atoms. The van der Waals surface area contributed by atoms with E-state index in [9.17, 15) is 4.79 Å². The van der Waals surface area contributed by atoms with Gasteiger partial charge in [0.2, 0.25) is 0 Å². The summed E-state index contributed by atoms with van der Waals surface area (Å²) < 4.78 is 0. The largest absolute Gasteiger partial charge is 0.478 e. The maximum Gasteiger partial charge on any atom is 0.328 e. The molecule has 0 spiro atoms. The van der Waals surface area contributed by atoms with Crippen LogP contribution in [-0.4, -0.2) is 11.1 Å². The lowest BCUT2D eigenvalue weighted by Gasteiger charge is -2.06. The molecule has 0 aromatic heterocycles. The van der Waals surface area contributed by atoms with E-state index in [2.05, 4.69) is 32.9 Å². The van der Waals surface area contributed by atoms with Gasteiger partial charge in [-0.3, -0.25) is 0 Å². The molecule has 0 rings (SSSR count). The van der Waals surface area contributed by atoms with Crippen LogP contribution in [0.5, 0.6) is 0 Å². The van der Waals surface area contributed by atoms with Crippen molar-refractivity contribution in [3.8, 4) is 0 Å². The average Bonchev–Trinajstić information content (AvgIpc) is 2.15. The third-order valence-electron chi connectivity index (χ3n) is 2.48. The number of aliphatic carboxylic acids is 1. The third kappa shape index (κ3) is 11.0. The Hall–Kier alpha value is -1.31. The second kappa shape index (κ2) is 8.80. The van der Waals surface area contributed by atoms with Gasteiger partial charge in [-0.15, -0.1) is 0 Å². The van der Waals surface area contributed by atoms with Gasteiger partial charge in [0.05, 0.1) is 0 Å². The summed E-state index contributed by atoms with van der Waals surface area (Å²) in [4.78, 5) is 10.4. The predicted octanol–water partition coefficient (Wildman–Crippen LogP) is 4.35. The molecule has 2 heteroatoms. The minimum atomic E-state index is -0.885. The van der Waals surface area contributed by atoms with Gasteiger partial charge in [-0.1, -0.05) is 30.7 Å². The minimum absolute atomic E-state index is 0.638. The number of carboxylic acids is 1. The van der Waals surface area contributed by atoms with E-state index in [1.165, 1.54) is 18.1 Å². The second-order valence-electron chi connectivity index (χ2n) is 4.83. The Morgan fingerprint density at radius 3 is 2.47 bits per heavy atom. The van der Waals surface area contributed by atoms with Crippen LogP contribution in [0, 0.1) is 5.92 Å². The molecular formula is C15H24O2. The molecule has 2 nitrogen and oxygen atoms in total. The average molecular weight is 236 g/mol. The summed E-state index contributed by atoms with van der Waals surface area (Å²) in [5, 5.41) is 8.54. The fraction of sp³-hybridized carbons (Fsp3) is 0.533. The zero-order chi connectivity index (χ0) is 13.3. The molecule has 0 aromatic carbocycles. The Morgan fingerprint density at radius 2 is 1.94 bits per heavy atom. The molecule has 0 heterocycles. The van der Waals surface area contributed by atoms with Gasteiger partial charge in [-0.05, 0) is 51.5 Å². The molecule has 0 aliphatic heterocycles. The first-order valence-corrected chi connectivity index (χ1v) is 6.13. The number of allylic oxidation sites excluding steroid dienone is 5. The van der Waals surface area contributed by atoms with E-state index in [1.54, 1.807) is 6.92 Å². The van der Waals surface area contributed by atoms with Crippen LogP contribution in [-0.2, 0) is 4.79 Å². The molecule has 0 saturated carbocycles. The molecule has 1 unspecified atom stereocenters. The van der Waals surface area contributed by atoms with Crippen LogP contribution in [0.2, 0.25) is 0 Å². The van der Waals surface area contributed by atoms with Crippen LogP contribution in [0.25, 0.3) is 0 Å². The monoisotopic (exact) mass is 236 g/mol. The molecule has 0 radical (unpaired) electrons. The standard InChI is InChI=1S/C15H24O2/c1-12(2)7-5-8-13(3)9-6-10-14(4)11-15(16)17/h6-7,10-11,13H,5,8-9H2,1-4H3,(H,16,17)/b10-6-,14-11-. The van der Waals surface area contributed by atoms with Crippen molar-refractivity contribution in [3.63, 3.8) is 0 Å². The second-order valence-corrected chi connectivity index (χ2v) is 4.83. The smallest absolute Gasteiger partial charge is 0.328 e. The maximum atomic E-state index is 10.4. The number of hydrogen-bond donors (Lipinski definition) is 1. The van der Waals surface area contributed by atoms with Gasteiger partial charge in [-0.2, -0.15) is 0 Å². The third-order valence-corrected chi connectivity index (χ3v) is 2.48. The Balaban J connectivity index is 3.91. The van der Waals surface area contributed by atoms with Crippen LogP contribution < -0.4 is 0 Å². The van der Waals surface area contributed by atoms with Crippen LogP contribution in [0.1, 0.15) is 47.0 Å². The highest BCUT2D eigenvalue weighted by Gasteiger charge is 1.98. The highest BCUT2D eigenvalue weighted by molar-refractivity contribution is 5.81. The number of rotatable bonds is 7. The zero-order valence-electron chi connectivity index (χ0n) is 11.4. The quantitative estimate of drug-likeness (QED) is 0.405. The molecule has 1 N–H and O–H groups in total. The Morgan fingerprint density at radius 1 is 1.29 bits per heavy atom. The van der Waals surface area contributed by atoms with Gasteiger partial charge in [0.25, 0.3) is 0 Å².